The van der Waals surface area contributed by atoms with Gasteiger partial charge in [-0.1, -0.05) is 12.1 Å². The van der Waals surface area contributed by atoms with E-state index in [1.165, 1.54) is 18.9 Å². The first-order valence-corrected chi connectivity index (χ1v) is 10.00. The zero-order valence-electron chi connectivity index (χ0n) is 16.7. The lowest BCUT2D eigenvalue weighted by molar-refractivity contribution is -0.137. The fourth-order valence-corrected chi connectivity index (χ4v) is 4.38. The minimum atomic E-state index is -0.899. The van der Waals surface area contributed by atoms with E-state index in [1.54, 1.807) is 45.6 Å². The van der Waals surface area contributed by atoms with Crippen LogP contribution in [0.15, 0.2) is 36.4 Å². The zero-order chi connectivity index (χ0) is 21.0. The number of hydrogen-bond acceptors (Lipinski definition) is 8. The van der Waals surface area contributed by atoms with E-state index >= 15 is 0 Å². The standard InChI is InChI=1S/C21H24O7S/c1-24-13-6-7-14-16(10-13)28-20(19(23)21(14)29-11-18(22)27-4)12-5-8-15(25-2)17(9-12)26-3/h5-10,19-21,23H,11H2,1-4H3. The number of hydrogen-bond donors (Lipinski definition) is 1. The van der Waals surface area contributed by atoms with Gasteiger partial charge in [0, 0.05) is 11.6 Å². The Morgan fingerprint density at radius 3 is 2.45 bits per heavy atom. The van der Waals surface area contributed by atoms with Crippen molar-refractivity contribution in [3.63, 3.8) is 0 Å². The van der Waals surface area contributed by atoms with Crippen molar-refractivity contribution in [1.29, 1.82) is 0 Å². The highest BCUT2D eigenvalue weighted by Gasteiger charge is 2.39. The summed E-state index contributed by atoms with van der Waals surface area (Å²) < 4.78 is 26.9. The van der Waals surface area contributed by atoms with Crippen LogP contribution < -0.4 is 18.9 Å². The molecule has 1 heterocycles. The second-order valence-corrected chi connectivity index (χ2v) is 7.48. The van der Waals surface area contributed by atoms with Crippen LogP contribution in [-0.4, -0.2) is 51.4 Å². The highest BCUT2D eigenvalue weighted by atomic mass is 32.2. The minimum absolute atomic E-state index is 0.113. The van der Waals surface area contributed by atoms with Crippen molar-refractivity contribution < 1.29 is 33.6 Å². The molecular formula is C21H24O7S. The maximum atomic E-state index is 11.7. The first-order valence-electron chi connectivity index (χ1n) is 8.95. The molecule has 0 saturated carbocycles. The van der Waals surface area contributed by atoms with Crippen LogP contribution in [0.3, 0.4) is 0 Å². The van der Waals surface area contributed by atoms with Gasteiger partial charge in [0.15, 0.2) is 17.6 Å². The summed E-state index contributed by atoms with van der Waals surface area (Å²) in [6, 6.07) is 10.8. The Kier molecular flexibility index (Phi) is 6.76. The zero-order valence-corrected chi connectivity index (χ0v) is 17.5. The molecule has 1 aliphatic heterocycles. The summed E-state index contributed by atoms with van der Waals surface area (Å²) in [5.41, 5.74) is 1.52. The Balaban J connectivity index is 1.99. The van der Waals surface area contributed by atoms with E-state index in [1.807, 2.05) is 12.1 Å². The third kappa shape index (κ3) is 4.38. The molecule has 3 rings (SSSR count). The lowest BCUT2D eigenvalue weighted by Gasteiger charge is -2.37. The molecule has 0 spiro atoms. The number of benzene rings is 2. The van der Waals surface area contributed by atoms with Crippen LogP contribution in [-0.2, 0) is 9.53 Å². The van der Waals surface area contributed by atoms with Gasteiger partial charge in [0.1, 0.15) is 17.6 Å². The van der Waals surface area contributed by atoms with E-state index in [0.717, 1.165) is 11.1 Å². The molecule has 0 aromatic heterocycles. The molecule has 1 aliphatic rings. The van der Waals surface area contributed by atoms with Crippen LogP contribution in [0.25, 0.3) is 0 Å². The van der Waals surface area contributed by atoms with Gasteiger partial charge in [-0.2, -0.15) is 0 Å². The van der Waals surface area contributed by atoms with Crippen LogP contribution in [0.1, 0.15) is 22.5 Å². The first kappa shape index (κ1) is 21.1. The van der Waals surface area contributed by atoms with Gasteiger partial charge in [0.25, 0.3) is 0 Å². The maximum absolute atomic E-state index is 11.7. The van der Waals surface area contributed by atoms with Crippen molar-refractivity contribution in [3.8, 4) is 23.0 Å². The van der Waals surface area contributed by atoms with Crippen LogP contribution in [0.5, 0.6) is 23.0 Å². The molecule has 8 heteroatoms. The predicted molar refractivity (Wildman–Crippen MR) is 109 cm³/mol. The second-order valence-electron chi connectivity index (χ2n) is 6.35. The number of methoxy groups -OCH3 is 4. The Morgan fingerprint density at radius 1 is 1.03 bits per heavy atom. The van der Waals surface area contributed by atoms with Crippen LogP contribution >= 0.6 is 11.8 Å². The summed E-state index contributed by atoms with van der Waals surface area (Å²) in [6.45, 7) is 0. The maximum Gasteiger partial charge on any atom is 0.315 e. The van der Waals surface area contributed by atoms with Crippen LogP contribution in [0, 0.1) is 0 Å². The third-order valence-electron chi connectivity index (χ3n) is 4.75. The number of ether oxygens (including phenoxy) is 5. The number of aliphatic hydroxyl groups is 1. The molecule has 7 nitrogen and oxygen atoms in total. The SMILES string of the molecule is COC(=O)CSC1c2ccc(OC)cc2OC(c2ccc(OC)c(OC)c2)C1O. The van der Waals surface area contributed by atoms with E-state index < -0.39 is 12.2 Å². The first-order chi connectivity index (χ1) is 14.0. The molecule has 3 unspecified atom stereocenters. The van der Waals surface area contributed by atoms with Gasteiger partial charge in [0.2, 0.25) is 0 Å². The molecule has 0 aliphatic carbocycles. The number of rotatable bonds is 7. The fourth-order valence-electron chi connectivity index (χ4n) is 3.23. The van der Waals surface area contributed by atoms with Gasteiger partial charge in [-0.15, -0.1) is 11.8 Å². The van der Waals surface area contributed by atoms with Gasteiger partial charge >= 0.3 is 5.97 Å². The van der Waals surface area contributed by atoms with Crippen LogP contribution in [0.2, 0.25) is 0 Å². The van der Waals surface area contributed by atoms with E-state index in [2.05, 4.69) is 0 Å². The summed E-state index contributed by atoms with van der Waals surface area (Å²) in [7, 11) is 6.03. The number of esters is 1. The van der Waals surface area contributed by atoms with E-state index in [0.29, 0.717) is 23.0 Å². The molecule has 0 radical (unpaired) electrons. The van der Waals surface area contributed by atoms with Crippen molar-refractivity contribution in [2.45, 2.75) is 17.5 Å². The van der Waals surface area contributed by atoms with E-state index in [9.17, 15) is 9.90 Å². The highest BCUT2D eigenvalue weighted by molar-refractivity contribution is 8.00. The number of carbonyl (C=O) groups excluding carboxylic acids is 1. The fraction of sp³-hybridized carbons (Fsp3) is 0.381. The molecule has 2 aromatic carbocycles. The molecule has 156 valence electrons. The Hall–Kier alpha value is -2.58. The molecule has 29 heavy (non-hydrogen) atoms. The van der Waals surface area contributed by atoms with Gasteiger partial charge in [-0.25, -0.2) is 0 Å². The van der Waals surface area contributed by atoms with Crippen molar-refractivity contribution in [3.05, 3.63) is 47.5 Å². The van der Waals surface area contributed by atoms with Crippen molar-refractivity contribution in [2.24, 2.45) is 0 Å². The summed E-state index contributed by atoms with van der Waals surface area (Å²) in [5.74, 6) is 2.12. The predicted octanol–water partition coefficient (Wildman–Crippen LogP) is 3.15. The van der Waals surface area contributed by atoms with Crippen molar-refractivity contribution >= 4 is 17.7 Å². The molecular weight excluding hydrogens is 396 g/mol. The lowest BCUT2D eigenvalue weighted by Crippen LogP contribution is -2.33. The number of aliphatic hydroxyl groups excluding tert-OH is 1. The lowest BCUT2D eigenvalue weighted by atomic mass is 9.94. The summed E-state index contributed by atoms with van der Waals surface area (Å²) >= 11 is 1.31. The second kappa shape index (κ2) is 9.28. The van der Waals surface area contributed by atoms with Crippen molar-refractivity contribution in [1.82, 2.24) is 0 Å². The van der Waals surface area contributed by atoms with Gasteiger partial charge in [-0.05, 0) is 23.8 Å². The van der Waals surface area contributed by atoms with Gasteiger partial charge in [-0.3, -0.25) is 4.79 Å². The van der Waals surface area contributed by atoms with E-state index in [4.69, 9.17) is 23.7 Å². The average Bonchev–Trinajstić information content (AvgIpc) is 2.76. The average molecular weight is 420 g/mol. The number of carbonyl (C=O) groups is 1. The summed E-state index contributed by atoms with van der Waals surface area (Å²) in [5, 5.41) is 10.7. The molecule has 3 atom stereocenters. The summed E-state index contributed by atoms with van der Waals surface area (Å²) in [6.07, 6.45) is -1.56. The molecule has 0 amide bonds. The quantitative estimate of drug-likeness (QED) is 0.684. The van der Waals surface area contributed by atoms with Gasteiger partial charge in [0.05, 0.1) is 39.4 Å². The van der Waals surface area contributed by atoms with Crippen LogP contribution in [0.4, 0.5) is 0 Å². The van der Waals surface area contributed by atoms with Crippen molar-refractivity contribution in [2.75, 3.05) is 34.2 Å². The topological polar surface area (TPSA) is 83.5 Å². The third-order valence-corrected chi connectivity index (χ3v) is 6.04. The number of fused-ring (bicyclic) bond motifs is 1. The Labute approximate surface area is 173 Å². The monoisotopic (exact) mass is 420 g/mol. The molecule has 0 saturated heterocycles. The summed E-state index contributed by atoms with van der Waals surface area (Å²) in [4.78, 5) is 11.7. The largest absolute Gasteiger partial charge is 0.497 e. The molecule has 0 bridgehead atoms. The molecule has 0 fully saturated rings. The smallest absolute Gasteiger partial charge is 0.315 e. The molecule has 2 aromatic rings. The Morgan fingerprint density at radius 2 is 1.79 bits per heavy atom. The Bertz CT molecular complexity index is 870. The van der Waals surface area contributed by atoms with Gasteiger partial charge < -0.3 is 28.8 Å². The van der Waals surface area contributed by atoms with E-state index in [-0.39, 0.29) is 17.0 Å². The number of thioether (sulfide) groups is 1. The highest BCUT2D eigenvalue weighted by Crippen LogP contribution is 2.49. The molecule has 1 N–H and O–H groups in total. The minimum Gasteiger partial charge on any atom is -0.497 e. The normalized spacial score (nSPS) is 20.2.